The molecular weight excluding hydrogens is 398 g/mol. The van der Waals surface area contributed by atoms with Crippen LogP contribution in [0.5, 0.6) is 0 Å². The van der Waals surface area contributed by atoms with Crippen LogP contribution >= 0.6 is 34.8 Å². The third kappa shape index (κ3) is 5.14. The molecule has 0 radical (unpaired) electrons. The van der Waals surface area contributed by atoms with Crippen LogP contribution in [0.15, 0.2) is 54.7 Å². The molecule has 0 saturated heterocycles. The summed E-state index contributed by atoms with van der Waals surface area (Å²) in [5.41, 5.74) is 0.144. The van der Waals surface area contributed by atoms with Crippen LogP contribution < -0.4 is 5.32 Å². The molecule has 0 heterocycles. The second kappa shape index (κ2) is 8.13. The van der Waals surface area contributed by atoms with E-state index in [9.17, 15) is 18.0 Å². The number of alkyl halides is 3. The molecule has 2 nitrogen and oxygen atoms in total. The van der Waals surface area contributed by atoms with E-state index in [0.717, 1.165) is 24.4 Å². The summed E-state index contributed by atoms with van der Waals surface area (Å²) in [6.07, 6.45) is -2.84. The predicted molar refractivity (Wildman–Crippen MR) is 93.3 cm³/mol. The lowest BCUT2D eigenvalue weighted by Gasteiger charge is -2.18. The Morgan fingerprint density at radius 3 is 2.12 bits per heavy atom. The fraction of sp³-hybridized carbons (Fsp3) is 0.118. The Morgan fingerprint density at radius 1 is 1.04 bits per heavy atom. The maximum absolute atomic E-state index is 13.3. The van der Waals surface area contributed by atoms with Crippen LogP contribution in [-0.2, 0) is 0 Å². The summed E-state index contributed by atoms with van der Waals surface area (Å²) in [6, 6.07) is 10.3. The number of rotatable bonds is 4. The summed E-state index contributed by atoms with van der Waals surface area (Å²) in [5, 5.41) is 2.11. The topological polar surface area (TPSA) is 29.1 Å². The van der Waals surface area contributed by atoms with Crippen LogP contribution in [0.2, 0.25) is 15.1 Å². The van der Waals surface area contributed by atoms with Crippen molar-refractivity contribution < 1.29 is 18.0 Å². The third-order valence-electron chi connectivity index (χ3n) is 3.26. The molecule has 0 aliphatic rings. The van der Waals surface area contributed by atoms with Gasteiger partial charge in [-0.25, -0.2) is 0 Å². The van der Waals surface area contributed by atoms with Crippen molar-refractivity contribution in [3.63, 3.8) is 0 Å². The Balaban J connectivity index is 2.23. The van der Waals surface area contributed by atoms with Crippen molar-refractivity contribution in [3.05, 3.63) is 80.9 Å². The first-order valence-corrected chi connectivity index (χ1v) is 8.07. The monoisotopic (exact) mass is 407 g/mol. The summed E-state index contributed by atoms with van der Waals surface area (Å²) < 4.78 is 40.0. The highest BCUT2D eigenvalue weighted by Gasteiger charge is 2.39. The number of benzene rings is 2. The van der Waals surface area contributed by atoms with Gasteiger partial charge in [-0.2, -0.15) is 13.2 Å². The Hall–Kier alpha value is -1.69. The number of nitrogens with one attached hydrogen (secondary N) is 1. The number of allylic oxidation sites excluding steroid dienone is 1. The van der Waals surface area contributed by atoms with E-state index in [1.54, 1.807) is 30.3 Å². The van der Waals surface area contributed by atoms with Crippen LogP contribution in [0.25, 0.3) is 0 Å². The maximum atomic E-state index is 13.3. The summed E-state index contributed by atoms with van der Waals surface area (Å²) in [4.78, 5) is 11.9. The average molecular weight is 409 g/mol. The number of amides is 1. The van der Waals surface area contributed by atoms with Gasteiger partial charge in [0.15, 0.2) is 0 Å². The van der Waals surface area contributed by atoms with Gasteiger partial charge in [-0.05, 0) is 29.8 Å². The molecule has 1 atom stereocenters. The Morgan fingerprint density at radius 2 is 1.60 bits per heavy atom. The standard InChI is InChI=1S/C17H11Cl3F3NO/c18-13-8-11(9-14(19)15(13)20)12(17(21,22)23)6-7-24-16(25)10-4-2-1-3-5-10/h1-9,12H,(H,24,25). The lowest BCUT2D eigenvalue weighted by molar-refractivity contribution is -0.139. The van der Waals surface area contributed by atoms with Crippen molar-refractivity contribution in [1.29, 1.82) is 0 Å². The zero-order valence-electron chi connectivity index (χ0n) is 12.4. The molecule has 1 N–H and O–H groups in total. The minimum atomic E-state index is -4.60. The second-order valence-corrected chi connectivity index (χ2v) is 6.21. The fourth-order valence-electron chi connectivity index (χ4n) is 2.06. The first kappa shape index (κ1) is 19.6. The quantitative estimate of drug-likeness (QED) is 0.596. The van der Waals surface area contributed by atoms with Gasteiger partial charge in [0.25, 0.3) is 5.91 Å². The van der Waals surface area contributed by atoms with E-state index in [1.807, 2.05) is 0 Å². The van der Waals surface area contributed by atoms with Crippen LogP contribution in [0.1, 0.15) is 21.8 Å². The SMILES string of the molecule is O=C(NC=CC(c1cc(Cl)c(Cl)c(Cl)c1)C(F)(F)F)c1ccccc1. The maximum Gasteiger partial charge on any atom is 0.399 e. The molecule has 0 aromatic heterocycles. The van der Waals surface area contributed by atoms with Gasteiger partial charge >= 0.3 is 6.18 Å². The summed E-state index contributed by atoms with van der Waals surface area (Å²) >= 11 is 17.4. The van der Waals surface area contributed by atoms with E-state index in [4.69, 9.17) is 34.8 Å². The largest absolute Gasteiger partial charge is 0.399 e. The van der Waals surface area contributed by atoms with Gasteiger partial charge in [0.1, 0.15) is 0 Å². The molecule has 0 bridgehead atoms. The molecule has 1 unspecified atom stereocenters. The van der Waals surface area contributed by atoms with Gasteiger partial charge in [0.2, 0.25) is 0 Å². The number of hydrogen-bond donors (Lipinski definition) is 1. The molecular formula is C17H11Cl3F3NO. The van der Waals surface area contributed by atoms with Gasteiger partial charge < -0.3 is 5.32 Å². The van der Waals surface area contributed by atoms with E-state index < -0.39 is 18.0 Å². The van der Waals surface area contributed by atoms with Gasteiger partial charge in [-0.15, -0.1) is 0 Å². The molecule has 0 fully saturated rings. The van der Waals surface area contributed by atoms with Crippen molar-refractivity contribution >= 4 is 40.7 Å². The van der Waals surface area contributed by atoms with Gasteiger partial charge in [-0.3, -0.25) is 4.79 Å². The Bertz CT molecular complexity index is 768. The molecule has 2 aromatic rings. The smallest absolute Gasteiger partial charge is 0.329 e. The molecule has 2 aromatic carbocycles. The van der Waals surface area contributed by atoms with Crippen molar-refractivity contribution in [3.8, 4) is 0 Å². The first-order chi connectivity index (χ1) is 11.7. The first-order valence-electron chi connectivity index (χ1n) is 6.94. The van der Waals surface area contributed by atoms with Crippen LogP contribution in [0.4, 0.5) is 13.2 Å². The number of halogens is 6. The van der Waals surface area contributed by atoms with Crippen LogP contribution in [0.3, 0.4) is 0 Å². The second-order valence-electron chi connectivity index (χ2n) is 5.02. The lowest BCUT2D eigenvalue weighted by Crippen LogP contribution is -2.21. The molecule has 0 aliphatic heterocycles. The summed E-state index contributed by atoms with van der Waals surface area (Å²) in [7, 11) is 0. The zero-order valence-corrected chi connectivity index (χ0v) is 14.7. The van der Waals surface area contributed by atoms with Crippen LogP contribution in [0, 0.1) is 0 Å². The molecule has 132 valence electrons. The molecule has 0 aliphatic carbocycles. The van der Waals surface area contributed by atoms with Gasteiger partial charge in [-0.1, -0.05) is 59.1 Å². The predicted octanol–water partition coefficient (Wildman–Crippen LogP) is 6.24. The van der Waals surface area contributed by atoms with E-state index >= 15 is 0 Å². The zero-order chi connectivity index (χ0) is 18.6. The van der Waals surface area contributed by atoms with E-state index in [-0.39, 0.29) is 20.6 Å². The lowest BCUT2D eigenvalue weighted by atomic mass is 9.98. The van der Waals surface area contributed by atoms with Crippen molar-refractivity contribution in [1.82, 2.24) is 5.32 Å². The highest BCUT2D eigenvalue weighted by Crippen LogP contribution is 2.40. The molecule has 25 heavy (non-hydrogen) atoms. The van der Waals surface area contributed by atoms with Gasteiger partial charge in [0.05, 0.1) is 21.0 Å². The Labute approximate surface area is 157 Å². The number of hydrogen-bond acceptors (Lipinski definition) is 1. The average Bonchev–Trinajstić information content (AvgIpc) is 2.55. The minimum absolute atomic E-state index is 0.0191. The van der Waals surface area contributed by atoms with E-state index in [0.29, 0.717) is 5.56 Å². The highest BCUT2D eigenvalue weighted by molar-refractivity contribution is 6.48. The third-order valence-corrected chi connectivity index (χ3v) is 4.45. The normalized spacial score (nSPS) is 13.0. The van der Waals surface area contributed by atoms with Crippen LogP contribution in [-0.4, -0.2) is 12.1 Å². The number of carbonyl (C=O) groups excluding carboxylic acids is 1. The van der Waals surface area contributed by atoms with E-state index in [1.165, 1.54) is 0 Å². The molecule has 0 saturated carbocycles. The van der Waals surface area contributed by atoms with Crippen molar-refractivity contribution in [2.45, 2.75) is 12.1 Å². The molecule has 2 rings (SSSR count). The van der Waals surface area contributed by atoms with E-state index in [2.05, 4.69) is 5.32 Å². The van der Waals surface area contributed by atoms with Gasteiger partial charge in [0, 0.05) is 11.8 Å². The fourth-order valence-corrected chi connectivity index (χ4v) is 2.67. The summed E-state index contributed by atoms with van der Waals surface area (Å²) in [6.45, 7) is 0. The Kier molecular flexibility index (Phi) is 6.38. The molecule has 1 amide bonds. The summed E-state index contributed by atoms with van der Waals surface area (Å²) in [5.74, 6) is -2.53. The number of carbonyl (C=O) groups is 1. The highest BCUT2D eigenvalue weighted by atomic mass is 35.5. The minimum Gasteiger partial charge on any atom is -0.329 e. The van der Waals surface area contributed by atoms with Crippen molar-refractivity contribution in [2.75, 3.05) is 0 Å². The molecule has 8 heteroatoms. The van der Waals surface area contributed by atoms with Crippen molar-refractivity contribution in [2.24, 2.45) is 0 Å². The molecule has 0 spiro atoms.